The number of non-ortho nitro benzene ring substituents is 1. The average Bonchev–Trinajstić information content (AvgIpc) is 3.16. The van der Waals surface area contributed by atoms with E-state index in [-0.39, 0.29) is 11.4 Å². The number of nitro groups is 1. The predicted octanol–water partition coefficient (Wildman–Crippen LogP) is 3.79. The van der Waals surface area contributed by atoms with Crippen LogP contribution in [-0.2, 0) is 0 Å². The number of amides is 1. The van der Waals surface area contributed by atoms with Crippen LogP contribution in [0.15, 0.2) is 59.7 Å². The number of nitrogens with one attached hydrogen (secondary N) is 2. The Morgan fingerprint density at radius 3 is 2.48 bits per heavy atom. The molecule has 2 aromatic carbocycles. The fourth-order valence-corrected chi connectivity index (χ4v) is 2.42. The number of halogens is 1. The molecule has 0 saturated heterocycles. The first kappa shape index (κ1) is 18.3. The van der Waals surface area contributed by atoms with Crippen molar-refractivity contribution in [2.24, 2.45) is 5.10 Å². The van der Waals surface area contributed by atoms with Crippen molar-refractivity contribution in [3.63, 3.8) is 0 Å². The molecule has 1 amide bonds. The summed E-state index contributed by atoms with van der Waals surface area (Å²) in [6, 6.07) is 14.6. The van der Waals surface area contributed by atoms with Crippen molar-refractivity contribution in [3.05, 3.63) is 81.0 Å². The lowest BCUT2D eigenvalue weighted by Crippen LogP contribution is -2.19. The van der Waals surface area contributed by atoms with Crippen LogP contribution in [0.1, 0.15) is 23.0 Å². The van der Waals surface area contributed by atoms with Crippen LogP contribution < -0.4 is 5.43 Å². The molecule has 0 radical (unpaired) electrons. The van der Waals surface area contributed by atoms with Crippen molar-refractivity contribution in [1.29, 1.82) is 0 Å². The Bertz CT molecular complexity index is 1010. The van der Waals surface area contributed by atoms with E-state index in [1.54, 1.807) is 49.4 Å². The molecule has 27 heavy (non-hydrogen) atoms. The molecule has 0 atom stereocenters. The summed E-state index contributed by atoms with van der Waals surface area (Å²) in [5, 5.41) is 22.1. The Hall–Kier alpha value is -3.52. The summed E-state index contributed by atoms with van der Waals surface area (Å²) in [6.45, 7) is 1.69. The molecule has 9 heteroatoms. The Balaban J connectivity index is 1.69. The maximum atomic E-state index is 12.2. The Morgan fingerprint density at radius 2 is 1.85 bits per heavy atom. The first-order valence-electron chi connectivity index (χ1n) is 7.85. The molecular weight excluding hydrogens is 370 g/mol. The van der Waals surface area contributed by atoms with Crippen LogP contribution in [0, 0.1) is 10.1 Å². The molecule has 0 saturated carbocycles. The molecule has 1 heterocycles. The number of nitro benzene ring substituents is 1. The number of aromatic nitrogens is 2. The van der Waals surface area contributed by atoms with E-state index in [1.807, 2.05) is 0 Å². The standard InChI is InChI=1S/C18H14ClN5O3/c1-11(12-4-8-15(9-5-12)24(26)27)20-23-18(25)17-10-16(21-22-17)13-2-6-14(19)7-3-13/h2-10H,1H3,(H,21,22)(H,23,25). The van der Waals surface area contributed by atoms with Gasteiger partial charge in [-0.05, 0) is 42.8 Å². The predicted molar refractivity (Wildman–Crippen MR) is 102 cm³/mol. The largest absolute Gasteiger partial charge is 0.289 e. The smallest absolute Gasteiger partial charge is 0.272 e. The number of aromatic amines is 1. The van der Waals surface area contributed by atoms with Gasteiger partial charge in [-0.3, -0.25) is 20.0 Å². The minimum Gasteiger partial charge on any atom is -0.272 e. The van der Waals surface area contributed by atoms with E-state index in [1.165, 1.54) is 12.1 Å². The number of carbonyl (C=O) groups excluding carboxylic acids is 1. The van der Waals surface area contributed by atoms with E-state index in [4.69, 9.17) is 11.6 Å². The van der Waals surface area contributed by atoms with E-state index in [2.05, 4.69) is 20.7 Å². The highest BCUT2D eigenvalue weighted by Crippen LogP contribution is 2.20. The van der Waals surface area contributed by atoms with Crippen LogP contribution in [0.3, 0.4) is 0 Å². The molecule has 0 bridgehead atoms. The number of benzene rings is 2. The highest BCUT2D eigenvalue weighted by molar-refractivity contribution is 6.30. The van der Waals surface area contributed by atoms with Crippen molar-refractivity contribution in [2.45, 2.75) is 6.92 Å². The summed E-state index contributed by atoms with van der Waals surface area (Å²) in [4.78, 5) is 22.4. The number of hydrogen-bond acceptors (Lipinski definition) is 5. The van der Waals surface area contributed by atoms with E-state index in [0.717, 1.165) is 5.56 Å². The molecule has 2 N–H and O–H groups in total. The van der Waals surface area contributed by atoms with Gasteiger partial charge in [-0.15, -0.1) is 0 Å². The number of nitrogens with zero attached hydrogens (tertiary/aromatic N) is 3. The number of hydrogen-bond donors (Lipinski definition) is 2. The minimum absolute atomic E-state index is 0.0113. The molecule has 0 aliphatic heterocycles. The third kappa shape index (κ3) is 4.36. The third-order valence-electron chi connectivity index (χ3n) is 3.78. The lowest BCUT2D eigenvalue weighted by molar-refractivity contribution is -0.384. The van der Waals surface area contributed by atoms with Crippen LogP contribution in [0.25, 0.3) is 11.3 Å². The quantitative estimate of drug-likeness (QED) is 0.396. The topological polar surface area (TPSA) is 113 Å². The zero-order chi connectivity index (χ0) is 19.4. The number of carbonyl (C=O) groups is 1. The Morgan fingerprint density at radius 1 is 1.19 bits per heavy atom. The van der Waals surface area contributed by atoms with E-state index in [9.17, 15) is 14.9 Å². The van der Waals surface area contributed by atoms with Gasteiger partial charge in [0, 0.05) is 22.7 Å². The second-order valence-corrected chi connectivity index (χ2v) is 6.05. The third-order valence-corrected chi connectivity index (χ3v) is 4.04. The summed E-state index contributed by atoms with van der Waals surface area (Å²) in [5.41, 5.74) is 5.26. The van der Waals surface area contributed by atoms with Crippen molar-refractivity contribution in [3.8, 4) is 11.3 Å². The fraction of sp³-hybridized carbons (Fsp3) is 0.0556. The van der Waals surface area contributed by atoms with Gasteiger partial charge < -0.3 is 0 Å². The highest BCUT2D eigenvalue weighted by Gasteiger charge is 2.11. The molecule has 0 aliphatic carbocycles. The van der Waals surface area contributed by atoms with E-state index >= 15 is 0 Å². The molecule has 0 aliphatic rings. The van der Waals surface area contributed by atoms with Gasteiger partial charge in [-0.25, -0.2) is 5.43 Å². The molecule has 0 unspecified atom stereocenters. The molecule has 136 valence electrons. The maximum Gasteiger partial charge on any atom is 0.289 e. The van der Waals surface area contributed by atoms with Gasteiger partial charge in [0.1, 0.15) is 5.69 Å². The van der Waals surface area contributed by atoms with Crippen molar-refractivity contribution < 1.29 is 9.72 Å². The van der Waals surface area contributed by atoms with Gasteiger partial charge in [0.05, 0.1) is 16.3 Å². The number of hydrazone groups is 1. The average molecular weight is 384 g/mol. The zero-order valence-corrected chi connectivity index (χ0v) is 14.9. The molecule has 0 fully saturated rings. The minimum atomic E-state index is -0.478. The monoisotopic (exact) mass is 383 g/mol. The van der Waals surface area contributed by atoms with Crippen LogP contribution in [0.2, 0.25) is 5.02 Å². The summed E-state index contributed by atoms with van der Waals surface area (Å²) < 4.78 is 0. The molecule has 8 nitrogen and oxygen atoms in total. The molecule has 0 spiro atoms. The normalized spacial score (nSPS) is 11.3. The van der Waals surface area contributed by atoms with Gasteiger partial charge in [-0.1, -0.05) is 23.7 Å². The summed E-state index contributed by atoms with van der Waals surface area (Å²) >= 11 is 5.86. The second-order valence-electron chi connectivity index (χ2n) is 5.62. The maximum absolute atomic E-state index is 12.2. The fourth-order valence-electron chi connectivity index (χ4n) is 2.29. The van der Waals surface area contributed by atoms with Crippen LogP contribution in [-0.4, -0.2) is 26.7 Å². The van der Waals surface area contributed by atoms with Gasteiger partial charge >= 0.3 is 0 Å². The van der Waals surface area contributed by atoms with Crippen molar-refractivity contribution in [2.75, 3.05) is 0 Å². The number of H-pyrrole nitrogens is 1. The van der Waals surface area contributed by atoms with Crippen LogP contribution in [0.5, 0.6) is 0 Å². The van der Waals surface area contributed by atoms with Gasteiger partial charge in [-0.2, -0.15) is 10.2 Å². The van der Waals surface area contributed by atoms with Crippen molar-refractivity contribution >= 4 is 28.9 Å². The van der Waals surface area contributed by atoms with Gasteiger partial charge in [0.25, 0.3) is 11.6 Å². The van der Waals surface area contributed by atoms with E-state index in [0.29, 0.717) is 22.0 Å². The zero-order valence-electron chi connectivity index (χ0n) is 14.1. The first-order chi connectivity index (χ1) is 12.9. The van der Waals surface area contributed by atoms with Crippen LogP contribution >= 0.6 is 11.6 Å². The van der Waals surface area contributed by atoms with Gasteiger partial charge in [0.2, 0.25) is 0 Å². The Kier molecular flexibility index (Phi) is 5.28. The lowest BCUT2D eigenvalue weighted by atomic mass is 10.1. The highest BCUT2D eigenvalue weighted by atomic mass is 35.5. The first-order valence-corrected chi connectivity index (χ1v) is 8.22. The summed E-state index contributed by atoms with van der Waals surface area (Å²) in [6.07, 6.45) is 0. The van der Waals surface area contributed by atoms with Gasteiger partial charge in [0.15, 0.2) is 0 Å². The van der Waals surface area contributed by atoms with Crippen molar-refractivity contribution in [1.82, 2.24) is 15.6 Å². The molecule has 3 aromatic rings. The summed E-state index contributed by atoms with van der Waals surface area (Å²) in [7, 11) is 0. The molecular formula is C18H14ClN5O3. The summed E-state index contributed by atoms with van der Waals surface area (Å²) in [5.74, 6) is -0.455. The van der Waals surface area contributed by atoms with E-state index < -0.39 is 10.8 Å². The molecule has 1 aromatic heterocycles. The lowest BCUT2D eigenvalue weighted by Gasteiger charge is -2.01. The molecule has 3 rings (SSSR count). The number of rotatable bonds is 5. The van der Waals surface area contributed by atoms with Crippen LogP contribution in [0.4, 0.5) is 5.69 Å². The Labute approximate surface area is 159 Å². The second kappa shape index (κ2) is 7.79. The SMILES string of the molecule is CC(=NNC(=O)c1cc(-c2ccc(Cl)cc2)n[nH]1)c1ccc([N+](=O)[O-])cc1.